The highest BCUT2D eigenvalue weighted by atomic mass is 16.7. The van der Waals surface area contributed by atoms with E-state index in [2.05, 4.69) is 10.6 Å². The summed E-state index contributed by atoms with van der Waals surface area (Å²) in [4.78, 5) is 23.4. The molecule has 1 aliphatic heterocycles. The van der Waals surface area contributed by atoms with Crippen molar-refractivity contribution in [2.24, 2.45) is 0 Å². The molecule has 10 nitrogen and oxygen atoms in total. The summed E-state index contributed by atoms with van der Waals surface area (Å²) >= 11 is 0. The quantitative estimate of drug-likeness (QED) is 0.319. The van der Waals surface area contributed by atoms with Crippen LogP contribution in [0.1, 0.15) is 25.3 Å². The molecule has 0 saturated carbocycles. The minimum atomic E-state index is -1.38. The Hall–Kier alpha value is -2.24. The van der Waals surface area contributed by atoms with Crippen molar-refractivity contribution < 1.29 is 39.1 Å². The second kappa shape index (κ2) is 12.5. The van der Waals surface area contributed by atoms with Crippen LogP contribution in [0.2, 0.25) is 0 Å². The number of hydrogen-bond acceptors (Lipinski definition) is 8. The number of carbonyl (C=O) groups excluding carboxylic acids is 2. The van der Waals surface area contributed by atoms with Gasteiger partial charge in [0.15, 0.2) is 6.29 Å². The standard InChI is InChI=1S/C20H30N2O8/c1-13-16(24)17(25)18(26)19(30-13)28-11-10-21-15(23)8-5-9-22-20(27)29-12-14-6-3-2-4-7-14/h2-4,6-7,13,16-19,24-26H,5,8-12H2,1H3,(H,21,23)(H,22,27)/t13-,16+,17+,18-,19+/m0/s1. The van der Waals surface area contributed by atoms with Crippen molar-refractivity contribution in [1.82, 2.24) is 10.6 Å². The molecule has 10 heteroatoms. The van der Waals surface area contributed by atoms with Crippen molar-refractivity contribution in [1.29, 1.82) is 0 Å². The predicted molar refractivity (Wildman–Crippen MR) is 105 cm³/mol. The SMILES string of the molecule is C[C@@H]1O[C@@H](OCCNC(=O)CCCNC(=O)OCc2ccccc2)[C@@H](O)[C@H](O)[C@@H]1O. The molecule has 1 saturated heterocycles. The first-order valence-corrected chi connectivity index (χ1v) is 9.91. The highest BCUT2D eigenvalue weighted by molar-refractivity contribution is 5.75. The molecule has 30 heavy (non-hydrogen) atoms. The molecule has 0 bridgehead atoms. The molecule has 5 N–H and O–H groups in total. The third kappa shape index (κ3) is 7.88. The van der Waals surface area contributed by atoms with Gasteiger partial charge in [-0.25, -0.2) is 4.79 Å². The first-order valence-electron chi connectivity index (χ1n) is 9.91. The third-order valence-corrected chi connectivity index (χ3v) is 4.58. The molecule has 2 amide bonds. The summed E-state index contributed by atoms with van der Waals surface area (Å²) in [5, 5.41) is 34.4. The molecule has 1 aromatic carbocycles. The van der Waals surface area contributed by atoms with Crippen molar-refractivity contribution in [3.63, 3.8) is 0 Å². The zero-order chi connectivity index (χ0) is 21.9. The van der Waals surface area contributed by atoms with Crippen LogP contribution in [0, 0.1) is 0 Å². The van der Waals surface area contributed by atoms with Crippen LogP contribution in [0.15, 0.2) is 30.3 Å². The first kappa shape index (κ1) is 24.0. The van der Waals surface area contributed by atoms with Gasteiger partial charge in [0.2, 0.25) is 5.91 Å². The summed E-state index contributed by atoms with van der Waals surface area (Å²) in [5.41, 5.74) is 0.889. The molecule has 1 heterocycles. The van der Waals surface area contributed by atoms with Gasteiger partial charge < -0.3 is 40.2 Å². The number of alkyl carbamates (subject to hydrolysis) is 1. The largest absolute Gasteiger partial charge is 0.445 e. The van der Waals surface area contributed by atoms with Gasteiger partial charge in [0, 0.05) is 19.5 Å². The monoisotopic (exact) mass is 426 g/mol. The molecule has 0 unspecified atom stereocenters. The zero-order valence-corrected chi connectivity index (χ0v) is 16.9. The Morgan fingerprint density at radius 2 is 1.77 bits per heavy atom. The Morgan fingerprint density at radius 1 is 1.03 bits per heavy atom. The van der Waals surface area contributed by atoms with Crippen molar-refractivity contribution in [2.75, 3.05) is 19.7 Å². The van der Waals surface area contributed by atoms with Crippen LogP contribution in [-0.4, -0.2) is 77.7 Å². The van der Waals surface area contributed by atoms with Gasteiger partial charge in [-0.05, 0) is 18.9 Å². The molecule has 1 fully saturated rings. The maximum absolute atomic E-state index is 11.8. The number of aliphatic hydroxyl groups excluding tert-OH is 3. The minimum Gasteiger partial charge on any atom is -0.445 e. The van der Waals surface area contributed by atoms with Crippen LogP contribution in [0.25, 0.3) is 0 Å². The molecule has 168 valence electrons. The fourth-order valence-corrected chi connectivity index (χ4v) is 2.82. The maximum atomic E-state index is 11.8. The van der Waals surface area contributed by atoms with E-state index in [1.165, 1.54) is 0 Å². The summed E-state index contributed by atoms with van der Waals surface area (Å²) < 4.78 is 15.7. The van der Waals surface area contributed by atoms with Gasteiger partial charge in [0.05, 0.1) is 12.7 Å². The van der Waals surface area contributed by atoms with Crippen molar-refractivity contribution >= 4 is 12.0 Å². The van der Waals surface area contributed by atoms with E-state index in [-0.39, 0.29) is 32.1 Å². The molecule has 1 aliphatic rings. The lowest BCUT2D eigenvalue weighted by atomic mass is 10.0. The lowest BCUT2D eigenvalue weighted by Crippen LogP contribution is -2.57. The normalized spacial score (nSPS) is 26.1. The molecular formula is C20H30N2O8. The minimum absolute atomic E-state index is 0.0626. The van der Waals surface area contributed by atoms with E-state index in [1.807, 2.05) is 30.3 Å². The van der Waals surface area contributed by atoms with Gasteiger partial charge in [-0.2, -0.15) is 0 Å². The van der Waals surface area contributed by atoms with E-state index < -0.39 is 36.8 Å². The first-order chi connectivity index (χ1) is 14.4. The van der Waals surface area contributed by atoms with Crippen LogP contribution < -0.4 is 10.6 Å². The number of rotatable bonds is 10. The Labute approximate surface area is 175 Å². The number of aliphatic hydroxyl groups is 3. The summed E-state index contributed by atoms with van der Waals surface area (Å²) in [5.74, 6) is -0.216. The molecule has 0 aliphatic carbocycles. The number of benzene rings is 1. The van der Waals surface area contributed by atoms with Gasteiger partial charge in [-0.1, -0.05) is 30.3 Å². The molecule has 0 aromatic heterocycles. The average molecular weight is 426 g/mol. The second-order valence-electron chi connectivity index (χ2n) is 6.99. The lowest BCUT2D eigenvalue weighted by molar-refractivity contribution is -0.292. The molecular weight excluding hydrogens is 396 g/mol. The predicted octanol–water partition coefficient (Wildman–Crippen LogP) is -0.347. The fourth-order valence-electron chi connectivity index (χ4n) is 2.82. The maximum Gasteiger partial charge on any atom is 0.407 e. The van der Waals surface area contributed by atoms with Crippen LogP contribution >= 0.6 is 0 Å². The molecule has 1 aromatic rings. The second-order valence-corrected chi connectivity index (χ2v) is 6.99. The van der Waals surface area contributed by atoms with E-state index in [4.69, 9.17) is 14.2 Å². The summed E-state index contributed by atoms with van der Waals surface area (Å²) in [6.45, 7) is 2.29. The highest BCUT2D eigenvalue weighted by Crippen LogP contribution is 2.21. The topological polar surface area (TPSA) is 147 Å². The van der Waals surface area contributed by atoms with Crippen LogP contribution in [0.5, 0.6) is 0 Å². The number of amides is 2. The van der Waals surface area contributed by atoms with Gasteiger partial charge in [-0.15, -0.1) is 0 Å². The fraction of sp³-hybridized carbons (Fsp3) is 0.600. The molecule has 0 radical (unpaired) electrons. The summed E-state index contributed by atoms with van der Waals surface area (Å²) in [6, 6.07) is 9.31. The summed E-state index contributed by atoms with van der Waals surface area (Å²) in [6.07, 6.45) is -5.58. The Balaban J connectivity index is 1.49. The van der Waals surface area contributed by atoms with Crippen LogP contribution in [-0.2, 0) is 25.6 Å². The molecule has 5 atom stereocenters. The lowest BCUT2D eigenvalue weighted by Gasteiger charge is -2.38. The third-order valence-electron chi connectivity index (χ3n) is 4.58. The number of ether oxygens (including phenoxy) is 3. The van der Waals surface area contributed by atoms with Crippen molar-refractivity contribution in [3.8, 4) is 0 Å². The van der Waals surface area contributed by atoms with Gasteiger partial charge in [-0.3, -0.25) is 4.79 Å². The van der Waals surface area contributed by atoms with Gasteiger partial charge >= 0.3 is 6.09 Å². The van der Waals surface area contributed by atoms with Crippen LogP contribution in [0.3, 0.4) is 0 Å². The summed E-state index contributed by atoms with van der Waals surface area (Å²) in [7, 11) is 0. The number of carbonyl (C=O) groups is 2. The van der Waals surface area contributed by atoms with E-state index in [1.54, 1.807) is 6.92 Å². The molecule has 0 spiro atoms. The average Bonchev–Trinajstić information content (AvgIpc) is 2.75. The van der Waals surface area contributed by atoms with Gasteiger partial charge in [0.25, 0.3) is 0 Å². The van der Waals surface area contributed by atoms with Gasteiger partial charge in [0.1, 0.15) is 24.9 Å². The Kier molecular flexibility index (Phi) is 9.98. The number of hydrogen-bond donors (Lipinski definition) is 5. The smallest absolute Gasteiger partial charge is 0.407 e. The van der Waals surface area contributed by atoms with E-state index in [0.29, 0.717) is 13.0 Å². The Morgan fingerprint density at radius 3 is 2.50 bits per heavy atom. The van der Waals surface area contributed by atoms with E-state index in [0.717, 1.165) is 5.56 Å². The van der Waals surface area contributed by atoms with E-state index >= 15 is 0 Å². The molecule has 2 rings (SSSR count). The van der Waals surface area contributed by atoms with Crippen molar-refractivity contribution in [2.45, 2.75) is 57.1 Å². The Bertz CT molecular complexity index is 659. The van der Waals surface area contributed by atoms with Crippen molar-refractivity contribution in [3.05, 3.63) is 35.9 Å². The highest BCUT2D eigenvalue weighted by Gasteiger charge is 2.42. The van der Waals surface area contributed by atoms with Crippen LogP contribution in [0.4, 0.5) is 4.79 Å². The van der Waals surface area contributed by atoms with E-state index in [9.17, 15) is 24.9 Å². The number of nitrogens with one attached hydrogen (secondary N) is 2. The zero-order valence-electron chi connectivity index (χ0n) is 16.9.